The molecule has 7 heteroatoms. The van der Waals surface area contributed by atoms with Gasteiger partial charge in [0.05, 0.1) is 4.91 Å². The molecule has 1 aliphatic rings. The first-order valence-corrected chi connectivity index (χ1v) is 7.79. The van der Waals surface area contributed by atoms with Crippen molar-refractivity contribution in [3.8, 4) is 0 Å². The number of thioether (sulfide) groups is 1. The van der Waals surface area contributed by atoms with Crippen molar-refractivity contribution in [2.45, 2.75) is 6.92 Å². The van der Waals surface area contributed by atoms with E-state index in [9.17, 15) is 9.59 Å². The Morgan fingerprint density at radius 3 is 2.82 bits per heavy atom. The minimum atomic E-state index is -0.331. The van der Waals surface area contributed by atoms with Gasteiger partial charge in [-0.05, 0) is 24.4 Å². The van der Waals surface area contributed by atoms with E-state index < -0.39 is 0 Å². The molecule has 5 nitrogen and oxygen atoms in total. The van der Waals surface area contributed by atoms with Gasteiger partial charge in [-0.2, -0.15) is 5.01 Å². The summed E-state index contributed by atoms with van der Waals surface area (Å²) in [4.78, 5) is 24.0. The highest BCUT2D eigenvalue weighted by Crippen LogP contribution is 2.33. The standard InChI is InChI=1S/C15H13N3O2S2/c1-9(19)16-18-14(20)13(22-15(18)21)7-10-8-17(2)12-6-4-3-5-11(10)12/h3-8H,1-2H3,(H,16,19)/b13-7-. The van der Waals surface area contributed by atoms with Crippen molar-refractivity contribution in [1.29, 1.82) is 0 Å². The molecule has 2 amide bonds. The number of amides is 2. The maximum Gasteiger partial charge on any atom is 0.285 e. The molecule has 1 aromatic carbocycles. The molecule has 1 aliphatic heterocycles. The fourth-order valence-electron chi connectivity index (χ4n) is 2.35. The lowest BCUT2D eigenvalue weighted by atomic mass is 10.1. The Kier molecular flexibility index (Phi) is 3.76. The van der Waals surface area contributed by atoms with E-state index in [1.807, 2.05) is 48.2 Å². The molecule has 0 spiro atoms. The summed E-state index contributed by atoms with van der Waals surface area (Å²) in [6.45, 7) is 1.34. The van der Waals surface area contributed by atoms with Crippen molar-refractivity contribution in [2.24, 2.45) is 7.05 Å². The molecule has 2 heterocycles. The van der Waals surface area contributed by atoms with Crippen molar-refractivity contribution >= 4 is 57.1 Å². The number of hydrazine groups is 1. The molecule has 112 valence electrons. The Balaban J connectivity index is 2.00. The molecular formula is C15H13N3O2S2. The second-order valence-electron chi connectivity index (χ2n) is 4.90. The summed E-state index contributed by atoms with van der Waals surface area (Å²) in [6.07, 6.45) is 3.78. The van der Waals surface area contributed by atoms with Gasteiger partial charge in [0.2, 0.25) is 5.91 Å². The average Bonchev–Trinajstić information content (AvgIpc) is 2.92. The molecule has 0 bridgehead atoms. The Hall–Kier alpha value is -2.12. The second-order valence-corrected chi connectivity index (χ2v) is 6.57. The second kappa shape index (κ2) is 5.58. The van der Waals surface area contributed by atoms with Crippen molar-refractivity contribution in [2.75, 3.05) is 0 Å². The number of aryl methyl sites for hydroxylation is 1. The van der Waals surface area contributed by atoms with E-state index in [0.29, 0.717) is 9.23 Å². The zero-order valence-corrected chi connectivity index (χ0v) is 13.6. The van der Waals surface area contributed by atoms with Gasteiger partial charge in [-0.1, -0.05) is 30.0 Å². The van der Waals surface area contributed by atoms with Crippen molar-refractivity contribution < 1.29 is 9.59 Å². The van der Waals surface area contributed by atoms with Crippen LogP contribution in [0.5, 0.6) is 0 Å². The van der Waals surface area contributed by atoms with Crippen LogP contribution in [0.15, 0.2) is 35.4 Å². The van der Waals surface area contributed by atoms with Gasteiger partial charge in [0.25, 0.3) is 5.91 Å². The summed E-state index contributed by atoms with van der Waals surface area (Å²) in [5.41, 5.74) is 4.47. The highest BCUT2D eigenvalue weighted by Gasteiger charge is 2.33. The number of carbonyl (C=O) groups is 2. The van der Waals surface area contributed by atoms with Crippen molar-refractivity contribution in [3.63, 3.8) is 0 Å². The van der Waals surface area contributed by atoms with E-state index in [-0.39, 0.29) is 11.8 Å². The topological polar surface area (TPSA) is 54.3 Å². The zero-order chi connectivity index (χ0) is 15.9. The molecule has 1 N–H and O–H groups in total. The summed E-state index contributed by atoms with van der Waals surface area (Å²) < 4.78 is 2.34. The molecular weight excluding hydrogens is 318 g/mol. The van der Waals surface area contributed by atoms with E-state index in [1.165, 1.54) is 18.7 Å². The van der Waals surface area contributed by atoms with Gasteiger partial charge in [0.1, 0.15) is 0 Å². The molecule has 0 aliphatic carbocycles. The Bertz CT molecular complexity index is 838. The highest BCUT2D eigenvalue weighted by atomic mass is 32.2. The number of hydrogen-bond donors (Lipinski definition) is 1. The van der Waals surface area contributed by atoms with Gasteiger partial charge in [-0.3, -0.25) is 15.0 Å². The molecule has 1 aromatic heterocycles. The molecule has 0 atom stereocenters. The smallest absolute Gasteiger partial charge is 0.285 e. The van der Waals surface area contributed by atoms with Gasteiger partial charge in [-0.15, -0.1) is 0 Å². The number of benzene rings is 1. The van der Waals surface area contributed by atoms with Gasteiger partial charge in [-0.25, -0.2) is 0 Å². The molecule has 0 unspecified atom stereocenters. The van der Waals surface area contributed by atoms with E-state index in [0.717, 1.165) is 21.5 Å². The highest BCUT2D eigenvalue weighted by molar-refractivity contribution is 8.26. The predicted molar refractivity (Wildman–Crippen MR) is 91.7 cm³/mol. The quantitative estimate of drug-likeness (QED) is 0.678. The number of nitrogens with one attached hydrogen (secondary N) is 1. The molecule has 3 rings (SSSR count). The molecule has 0 radical (unpaired) electrons. The van der Waals surface area contributed by atoms with E-state index in [1.54, 1.807) is 0 Å². The lowest BCUT2D eigenvalue weighted by molar-refractivity contribution is -0.131. The Labute approximate surface area is 136 Å². The first-order chi connectivity index (χ1) is 10.5. The maximum atomic E-state index is 12.3. The maximum absolute atomic E-state index is 12.3. The fraction of sp³-hybridized carbons (Fsp3) is 0.133. The van der Waals surface area contributed by atoms with E-state index >= 15 is 0 Å². The van der Waals surface area contributed by atoms with Crippen molar-refractivity contribution in [3.05, 3.63) is 40.9 Å². The van der Waals surface area contributed by atoms with Crippen LogP contribution in [0.2, 0.25) is 0 Å². The minimum Gasteiger partial charge on any atom is -0.350 e. The predicted octanol–water partition coefficient (Wildman–Crippen LogP) is 2.43. The SMILES string of the molecule is CC(=O)NN1C(=O)/C(=C/c2cn(C)c3ccccc23)SC1=S. The number of nitrogens with zero attached hydrogens (tertiary/aromatic N) is 2. The lowest BCUT2D eigenvalue weighted by Gasteiger charge is -2.13. The lowest BCUT2D eigenvalue weighted by Crippen LogP contribution is -2.43. The number of carbonyl (C=O) groups excluding carboxylic acids is 2. The van der Waals surface area contributed by atoms with Gasteiger partial charge in [0, 0.05) is 36.6 Å². The van der Waals surface area contributed by atoms with Crippen LogP contribution in [0.4, 0.5) is 0 Å². The number of aromatic nitrogens is 1. The molecule has 22 heavy (non-hydrogen) atoms. The monoisotopic (exact) mass is 331 g/mol. The molecule has 2 aromatic rings. The minimum absolute atomic E-state index is 0.307. The fourth-order valence-corrected chi connectivity index (χ4v) is 3.52. The summed E-state index contributed by atoms with van der Waals surface area (Å²) in [6, 6.07) is 7.97. The van der Waals surface area contributed by atoms with Crippen LogP contribution < -0.4 is 5.43 Å². The van der Waals surface area contributed by atoms with Crippen LogP contribution in [0.3, 0.4) is 0 Å². The van der Waals surface area contributed by atoms with Gasteiger partial charge in [0.15, 0.2) is 4.32 Å². The van der Waals surface area contributed by atoms with Crippen LogP contribution in [-0.2, 0) is 16.6 Å². The summed E-state index contributed by atoms with van der Waals surface area (Å²) in [7, 11) is 1.96. The van der Waals surface area contributed by atoms with Crippen LogP contribution in [0, 0.1) is 0 Å². The third-order valence-corrected chi connectivity index (χ3v) is 4.58. The average molecular weight is 331 g/mol. The number of thiocarbonyl (C=S) groups is 1. The van der Waals surface area contributed by atoms with Crippen LogP contribution >= 0.6 is 24.0 Å². The van der Waals surface area contributed by atoms with Gasteiger partial charge >= 0.3 is 0 Å². The third-order valence-electron chi connectivity index (χ3n) is 3.28. The summed E-state index contributed by atoms with van der Waals surface area (Å²) in [5.74, 6) is -0.638. The van der Waals surface area contributed by atoms with Crippen LogP contribution in [0.1, 0.15) is 12.5 Å². The number of fused-ring (bicyclic) bond motifs is 1. The number of rotatable bonds is 2. The largest absolute Gasteiger partial charge is 0.350 e. The third kappa shape index (κ3) is 2.53. The molecule has 1 saturated heterocycles. The Morgan fingerprint density at radius 2 is 2.09 bits per heavy atom. The summed E-state index contributed by atoms with van der Waals surface area (Å²) >= 11 is 6.32. The van der Waals surface area contributed by atoms with E-state index in [2.05, 4.69) is 5.43 Å². The first kappa shape index (κ1) is 14.8. The van der Waals surface area contributed by atoms with Gasteiger partial charge < -0.3 is 4.57 Å². The first-order valence-electron chi connectivity index (χ1n) is 6.56. The zero-order valence-electron chi connectivity index (χ0n) is 12.0. The van der Waals surface area contributed by atoms with E-state index in [4.69, 9.17) is 12.2 Å². The molecule has 0 saturated carbocycles. The Morgan fingerprint density at radius 1 is 1.36 bits per heavy atom. The molecule has 1 fully saturated rings. The number of para-hydroxylation sites is 1. The number of hydrogen-bond acceptors (Lipinski definition) is 4. The van der Waals surface area contributed by atoms with Crippen LogP contribution in [0.25, 0.3) is 17.0 Å². The normalized spacial score (nSPS) is 16.8. The van der Waals surface area contributed by atoms with Crippen molar-refractivity contribution in [1.82, 2.24) is 15.0 Å². The summed E-state index contributed by atoms with van der Waals surface area (Å²) in [5, 5.41) is 2.18. The van der Waals surface area contributed by atoms with Crippen LogP contribution in [-0.4, -0.2) is 25.7 Å².